The SMILES string of the molecule is c1ccc2c(c1)oc1c2ccc2c1c1cc(-n3c4ccccc4c4ccccc43)ccc1n2-c1cccc2c1sc1ccccc12. The van der Waals surface area contributed by atoms with E-state index >= 15 is 0 Å². The topological polar surface area (TPSA) is 23.0 Å². The molecule has 11 rings (SSSR count). The predicted octanol–water partition coefficient (Wildman–Crippen LogP) is 12.1. The molecule has 214 valence electrons. The number of para-hydroxylation sites is 3. The third-order valence-electron chi connectivity index (χ3n) is 9.72. The first-order chi connectivity index (χ1) is 22.8. The van der Waals surface area contributed by atoms with Crippen molar-refractivity contribution < 1.29 is 4.42 Å². The third-order valence-corrected chi connectivity index (χ3v) is 10.9. The summed E-state index contributed by atoms with van der Waals surface area (Å²) < 4.78 is 14.2. The van der Waals surface area contributed by atoms with Crippen LogP contribution in [-0.4, -0.2) is 9.13 Å². The summed E-state index contributed by atoms with van der Waals surface area (Å²) in [6, 6.07) is 52.7. The average Bonchev–Trinajstić information content (AvgIpc) is 3.85. The highest BCUT2D eigenvalue weighted by molar-refractivity contribution is 7.26. The molecule has 0 fully saturated rings. The smallest absolute Gasteiger partial charge is 0.145 e. The molecule has 0 spiro atoms. The largest absolute Gasteiger partial charge is 0.455 e. The maximum absolute atomic E-state index is 6.71. The summed E-state index contributed by atoms with van der Waals surface area (Å²) in [6.07, 6.45) is 0. The molecule has 11 aromatic rings. The van der Waals surface area contributed by atoms with Gasteiger partial charge in [-0.1, -0.05) is 84.9 Å². The van der Waals surface area contributed by atoms with Gasteiger partial charge in [0.2, 0.25) is 0 Å². The van der Waals surface area contributed by atoms with E-state index in [2.05, 4.69) is 149 Å². The quantitative estimate of drug-likeness (QED) is 0.192. The number of fused-ring (bicyclic) bond motifs is 13. The molecule has 0 saturated carbocycles. The molecule has 0 radical (unpaired) electrons. The first kappa shape index (κ1) is 24.5. The molecule has 0 saturated heterocycles. The normalized spacial score (nSPS) is 12.3. The zero-order valence-corrected chi connectivity index (χ0v) is 25.4. The summed E-state index contributed by atoms with van der Waals surface area (Å²) in [6.45, 7) is 0. The van der Waals surface area contributed by atoms with Crippen molar-refractivity contribution in [3.05, 3.63) is 146 Å². The van der Waals surface area contributed by atoms with Crippen molar-refractivity contribution in [1.29, 1.82) is 0 Å². The van der Waals surface area contributed by atoms with Gasteiger partial charge in [0.1, 0.15) is 11.2 Å². The Kier molecular flexibility index (Phi) is 4.72. The molecule has 7 aromatic carbocycles. The van der Waals surface area contributed by atoms with Crippen molar-refractivity contribution >= 4 is 97.1 Å². The Morgan fingerprint density at radius 1 is 0.435 bits per heavy atom. The Labute approximate surface area is 266 Å². The van der Waals surface area contributed by atoms with E-state index in [1.54, 1.807) is 0 Å². The summed E-state index contributed by atoms with van der Waals surface area (Å²) in [5.74, 6) is 0. The van der Waals surface area contributed by atoms with E-state index in [-0.39, 0.29) is 0 Å². The summed E-state index contributed by atoms with van der Waals surface area (Å²) in [5.41, 5.74) is 8.90. The predicted molar refractivity (Wildman–Crippen MR) is 195 cm³/mol. The van der Waals surface area contributed by atoms with Gasteiger partial charge in [-0.2, -0.15) is 0 Å². The molecule has 0 aliphatic heterocycles. The number of hydrogen-bond acceptors (Lipinski definition) is 2. The summed E-state index contributed by atoms with van der Waals surface area (Å²) in [4.78, 5) is 0. The van der Waals surface area contributed by atoms with Crippen LogP contribution in [0.15, 0.2) is 150 Å². The van der Waals surface area contributed by atoms with Crippen LogP contribution in [-0.2, 0) is 0 Å². The fourth-order valence-corrected chi connectivity index (χ4v) is 8.99. The number of nitrogens with zero attached hydrogens (tertiary/aromatic N) is 2. The van der Waals surface area contributed by atoms with Gasteiger partial charge in [-0.05, 0) is 60.7 Å². The van der Waals surface area contributed by atoms with Gasteiger partial charge in [0.05, 0.1) is 37.8 Å². The number of rotatable bonds is 2. The van der Waals surface area contributed by atoms with E-state index in [0.29, 0.717) is 0 Å². The molecule has 0 aliphatic carbocycles. The van der Waals surface area contributed by atoms with Gasteiger partial charge in [-0.15, -0.1) is 11.3 Å². The van der Waals surface area contributed by atoms with Gasteiger partial charge in [-0.3, -0.25) is 0 Å². The molecule has 4 aromatic heterocycles. The molecule has 0 amide bonds. The molecular weight excluding hydrogens is 581 g/mol. The monoisotopic (exact) mass is 604 g/mol. The van der Waals surface area contributed by atoms with Crippen LogP contribution in [0.25, 0.3) is 97.1 Å². The van der Waals surface area contributed by atoms with Gasteiger partial charge in [0.15, 0.2) is 0 Å². The van der Waals surface area contributed by atoms with Crippen LogP contribution in [0, 0.1) is 0 Å². The summed E-state index contributed by atoms with van der Waals surface area (Å²) >= 11 is 1.87. The van der Waals surface area contributed by atoms with Gasteiger partial charge in [0, 0.05) is 48.1 Å². The van der Waals surface area contributed by atoms with E-state index < -0.39 is 0 Å². The highest BCUT2D eigenvalue weighted by Gasteiger charge is 2.22. The molecule has 46 heavy (non-hydrogen) atoms. The van der Waals surface area contributed by atoms with E-state index in [1.165, 1.54) is 53.1 Å². The minimum Gasteiger partial charge on any atom is -0.455 e. The Bertz CT molecular complexity index is 2990. The minimum absolute atomic E-state index is 0.913. The van der Waals surface area contributed by atoms with Crippen LogP contribution >= 0.6 is 11.3 Å². The van der Waals surface area contributed by atoms with Crippen molar-refractivity contribution in [3.8, 4) is 11.4 Å². The van der Waals surface area contributed by atoms with Crippen LogP contribution in [0.3, 0.4) is 0 Å². The Balaban J connectivity index is 1.31. The lowest BCUT2D eigenvalue weighted by molar-refractivity contribution is 0.673. The van der Waals surface area contributed by atoms with Crippen molar-refractivity contribution in [3.63, 3.8) is 0 Å². The molecular formula is C42H24N2OS. The zero-order chi connectivity index (χ0) is 29.9. The Morgan fingerprint density at radius 2 is 1.09 bits per heavy atom. The summed E-state index contributed by atoms with van der Waals surface area (Å²) in [7, 11) is 0. The maximum atomic E-state index is 6.71. The lowest BCUT2D eigenvalue weighted by Crippen LogP contribution is -1.96. The van der Waals surface area contributed by atoms with Crippen LogP contribution in [0.4, 0.5) is 0 Å². The van der Waals surface area contributed by atoms with Crippen molar-refractivity contribution in [2.45, 2.75) is 0 Å². The van der Waals surface area contributed by atoms with E-state index in [9.17, 15) is 0 Å². The Hall–Kier alpha value is -5.84. The second-order valence-corrected chi connectivity index (χ2v) is 13.1. The molecule has 4 heteroatoms. The fraction of sp³-hybridized carbons (Fsp3) is 0. The van der Waals surface area contributed by atoms with Crippen molar-refractivity contribution in [2.24, 2.45) is 0 Å². The maximum Gasteiger partial charge on any atom is 0.145 e. The summed E-state index contributed by atoms with van der Waals surface area (Å²) in [5, 5.41) is 9.73. The van der Waals surface area contributed by atoms with Crippen molar-refractivity contribution in [2.75, 3.05) is 0 Å². The fourth-order valence-electron chi connectivity index (χ4n) is 7.78. The molecule has 4 heterocycles. The molecule has 0 unspecified atom stereocenters. The van der Waals surface area contributed by atoms with Crippen LogP contribution in [0.2, 0.25) is 0 Å². The molecule has 3 nitrogen and oxygen atoms in total. The third kappa shape index (κ3) is 3.11. The highest BCUT2D eigenvalue weighted by atomic mass is 32.1. The zero-order valence-electron chi connectivity index (χ0n) is 24.6. The lowest BCUT2D eigenvalue weighted by atomic mass is 10.1. The Morgan fingerprint density at radius 3 is 1.91 bits per heavy atom. The van der Waals surface area contributed by atoms with Gasteiger partial charge >= 0.3 is 0 Å². The molecule has 0 N–H and O–H groups in total. The number of thiophene rings is 1. The van der Waals surface area contributed by atoms with Gasteiger partial charge in [0.25, 0.3) is 0 Å². The second kappa shape index (κ2) is 8.87. The molecule has 0 atom stereocenters. The number of hydrogen-bond donors (Lipinski definition) is 0. The van der Waals surface area contributed by atoms with Crippen LogP contribution < -0.4 is 0 Å². The van der Waals surface area contributed by atoms with Gasteiger partial charge in [-0.25, -0.2) is 0 Å². The molecule has 0 aliphatic rings. The van der Waals surface area contributed by atoms with Gasteiger partial charge < -0.3 is 13.6 Å². The minimum atomic E-state index is 0.913. The highest BCUT2D eigenvalue weighted by Crippen LogP contribution is 2.44. The van der Waals surface area contributed by atoms with Crippen molar-refractivity contribution in [1.82, 2.24) is 9.13 Å². The first-order valence-corrected chi connectivity index (χ1v) is 16.4. The second-order valence-electron chi connectivity index (χ2n) is 12.1. The number of aromatic nitrogens is 2. The van der Waals surface area contributed by atoms with E-state index in [1.807, 2.05) is 17.4 Å². The van der Waals surface area contributed by atoms with E-state index in [4.69, 9.17) is 4.42 Å². The standard InChI is InChI=1S/C42H24N2OS/c1-5-15-33-26(10-1)27-11-2-6-16-34(27)43(33)25-20-22-35-32(24-25)40-36(23-21-30-28-12-3-7-18-38(28)45-41(30)40)44(35)37-17-9-14-31-29-13-4-8-19-39(29)46-42(31)37/h1-24H. The number of furan rings is 1. The average molecular weight is 605 g/mol. The lowest BCUT2D eigenvalue weighted by Gasteiger charge is -2.11. The van der Waals surface area contributed by atoms with Crippen LogP contribution in [0.5, 0.6) is 0 Å². The van der Waals surface area contributed by atoms with E-state index in [0.717, 1.165) is 44.0 Å². The number of benzene rings is 7. The first-order valence-electron chi connectivity index (χ1n) is 15.6. The molecule has 0 bridgehead atoms. The van der Waals surface area contributed by atoms with Crippen LogP contribution in [0.1, 0.15) is 0 Å².